The van der Waals surface area contributed by atoms with Crippen molar-refractivity contribution in [3.63, 3.8) is 0 Å². The van der Waals surface area contributed by atoms with Crippen molar-refractivity contribution in [3.8, 4) is 6.57 Å². The highest BCUT2D eigenvalue weighted by Gasteiger charge is 2.29. The summed E-state index contributed by atoms with van der Waals surface area (Å²) in [5.41, 5.74) is 0. The van der Waals surface area contributed by atoms with Crippen LogP contribution >= 0.6 is 7.82 Å². The van der Waals surface area contributed by atoms with E-state index in [0.717, 1.165) is 32.1 Å². The zero-order valence-electron chi connectivity index (χ0n) is 21.7. The summed E-state index contributed by atoms with van der Waals surface area (Å²) in [5.74, 6) is -0.440. The summed E-state index contributed by atoms with van der Waals surface area (Å²) >= 11 is 0. The third-order valence-electron chi connectivity index (χ3n) is 5.93. The molecule has 0 aliphatic carbocycles. The van der Waals surface area contributed by atoms with Gasteiger partial charge in [0.05, 0.1) is 12.5 Å². The maximum atomic E-state index is 12.5. The van der Waals surface area contributed by atoms with Gasteiger partial charge in [0.25, 0.3) is 13.1 Å². The molecule has 7 nitrogen and oxygen atoms in total. The topological polar surface area (TPSA) is 86.4 Å². The molecule has 1 rings (SSSR count). The van der Waals surface area contributed by atoms with Crippen LogP contribution in [0.2, 0.25) is 0 Å². The number of phosphoric acid groups is 1. The molecule has 0 aromatic carbocycles. The van der Waals surface area contributed by atoms with Crippen molar-refractivity contribution in [3.05, 3.63) is 29.1 Å². The summed E-state index contributed by atoms with van der Waals surface area (Å²) < 4.78 is 28.0. The number of hydrogen-bond donors (Lipinski definition) is 1. The van der Waals surface area contributed by atoms with E-state index in [1.165, 1.54) is 51.4 Å². The molecule has 0 saturated carbocycles. The van der Waals surface area contributed by atoms with Crippen LogP contribution in [0, 0.1) is 6.57 Å². The minimum atomic E-state index is -4.31. The Morgan fingerprint density at radius 3 is 2.20 bits per heavy atom. The smallest absolute Gasteiger partial charge is 0.462 e. The Hall–Kier alpha value is -1.45. The molecule has 1 unspecified atom stereocenters. The molecule has 35 heavy (non-hydrogen) atoms. The van der Waals surface area contributed by atoms with Crippen molar-refractivity contribution in [1.29, 1.82) is 0 Å². The van der Waals surface area contributed by atoms with Crippen LogP contribution in [0.1, 0.15) is 110 Å². The largest absolute Gasteiger partial charge is 0.472 e. The molecule has 0 spiro atoms. The highest BCUT2D eigenvalue weighted by Crippen LogP contribution is 2.45. The second kappa shape index (κ2) is 20.7. The zero-order chi connectivity index (χ0) is 25.6. The van der Waals surface area contributed by atoms with E-state index in [4.69, 9.17) is 20.4 Å². The molecule has 8 heteroatoms. The van der Waals surface area contributed by atoms with Crippen molar-refractivity contribution in [2.24, 2.45) is 0 Å². The van der Waals surface area contributed by atoms with E-state index in [1.807, 2.05) is 13.0 Å². The average molecular weight is 513 g/mol. The minimum absolute atomic E-state index is 0.0853. The van der Waals surface area contributed by atoms with Gasteiger partial charge in [-0.3, -0.25) is 13.8 Å². The van der Waals surface area contributed by atoms with Gasteiger partial charge < -0.3 is 9.63 Å². The van der Waals surface area contributed by atoms with Crippen LogP contribution in [-0.4, -0.2) is 36.2 Å². The fraction of sp³-hybridized carbons (Fsp3) is 0.778. The van der Waals surface area contributed by atoms with E-state index in [1.54, 1.807) is 0 Å². The number of ether oxygens (including phenoxy) is 1. The van der Waals surface area contributed by atoms with Gasteiger partial charge >= 0.3 is 13.8 Å². The van der Waals surface area contributed by atoms with E-state index in [9.17, 15) is 14.3 Å². The Balaban J connectivity index is 2.63. The predicted molar refractivity (Wildman–Crippen MR) is 142 cm³/mol. The first kappa shape index (κ1) is 31.6. The SMILES string of the molecule is C#[N+]CCOP(=O)(O)O[C@@H]1CCCCCCCCCCCC/C=C\CC/C=C/C[C@H](C)OC(=O)C1. The quantitative estimate of drug-likeness (QED) is 0.175. The molecule has 0 amide bonds. The van der Waals surface area contributed by atoms with Gasteiger partial charge in [-0.05, 0) is 39.0 Å². The first-order valence-corrected chi connectivity index (χ1v) is 14.9. The van der Waals surface area contributed by atoms with Crippen molar-refractivity contribution >= 4 is 13.8 Å². The van der Waals surface area contributed by atoms with Crippen LogP contribution in [0.4, 0.5) is 0 Å². The molecule has 1 N–H and O–H groups in total. The summed E-state index contributed by atoms with van der Waals surface area (Å²) in [6, 6.07) is 0. The Bertz CT molecular complexity index is 702. The van der Waals surface area contributed by atoms with Crippen LogP contribution in [0.5, 0.6) is 0 Å². The summed E-state index contributed by atoms with van der Waals surface area (Å²) in [5, 5.41) is 0. The van der Waals surface area contributed by atoms with Crippen molar-refractivity contribution in [2.45, 2.75) is 122 Å². The maximum Gasteiger partial charge on any atom is 0.472 e. The number of cyclic esters (lactones) is 1. The van der Waals surface area contributed by atoms with Gasteiger partial charge in [0.1, 0.15) is 12.7 Å². The van der Waals surface area contributed by atoms with Gasteiger partial charge in [-0.1, -0.05) is 86.9 Å². The number of rotatable bonds is 5. The third-order valence-corrected chi connectivity index (χ3v) is 7.01. The van der Waals surface area contributed by atoms with Crippen LogP contribution in [0.25, 0.3) is 4.85 Å². The zero-order valence-corrected chi connectivity index (χ0v) is 22.5. The molecule has 0 radical (unpaired) electrons. The van der Waals surface area contributed by atoms with E-state index in [2.05, 4.69) is 23.1 Å². The van der Waals surface area contributed by atoms with Crippen molar-refractivity contribution in [1.82, 2.24) is 0 Å². The summed E-state index contributed by atoms with van der Waals surface area (Å²) in [6.07, 6.45) is 23.7. The highest BCUT2D eigenvalue weighted by molar-refractivity contribution is 7.47. The lowest BCUT2D eigenvalue weighted by Gasteiger charge is -2.21. The number of carbonyl (C=O) groups excluding carboxylic acids is 1. The van der Waals surface area contributed by atoms with E-state index < -0.39 is 19.9 Å². The Morgan fingerprint density at radius 2 is 1.54 bits per heavy atom. The Morgan fingerprint density at radius 1 is 0.971 bits per heavy atom. The number of phosphoric ester groups is 1. The molecule has 0 fully saturated rings. The first-order valence-electron chi connectivity index (χ1n) is 13.4. The molecule has 1 heterocycles. The minimum Gasteiger partial charge on any atom is -0.462 e. The molecule has 1 aliphatic heterocycles. The Kier molecular flexibility index (Phi) is 18.7. The van der Waals surface area contributed by atoms with E-state index in [-0.39, 0.29) is 25.7 Å². The second-order valence-corrected chi connectivity index (χ2v) is 10.7. The van der Waals surface area contributed by atoms with Gasteiger partial charge in [-0.25, -0.2) is 4.57 Å². The predicted octanol–water partition coefficient (Wildman–Crippen LogP) is 7.75. The normalized spacial score (nSPS) is 26.8. The Labute approximate surface area is 212 Å². The molecule has 0 saturated heterocycles. The fourth-order valence-corrected chi connectivity index (χ4v) is 4.94. The van der Waals surface area contributed by atoms with E-state index >= 15 is 0 Å². The lowest BCUT2D eigenvalue weighted by molar-refractivity contribution is -0.150. The van der Waals surface area contributed by atoms with E-state index in [0.29, 0.717) is 12.8 Å². The average Bonchev–Trinajstić information content (AvgIpc) is 2.79. The summed E-state index contributed by atoms with van der Waals surface area (Å²) in [7, 11) is -4.31. The monoisotopic (exact) mass is 512 g/mol. The fourth-order valence-electron chi connectivity index (χ4n) is 4.01. The molecule has 1 aliphatic rings. The van der Waals surface area contributed by atoms with Crippen LogP contribution in [0.15, 0.2) is 24.3 Å². The standard InChI is InChI=1S/C27H46NO6P/c1-25-20-18-16-14-12-10-8-6-4-3-5-7-9-11-13-15-17-19-21-26(24-27(29)33-25)34-35(30,31)32-23-22-28-2/h2,8,10,16,18,25-26H,3-7,9,11-15,17,19-24H2,1H3/p+1/b10-8-,18-16+/t25-,26+/m0/s1. The molecule has 3 atom stereocenters. The van der Waals surface area contributed by atoms with Gasteiger partial charge in [-0.15, -0.1) is 0 Å². The number of nitrogens with zero attached hydrogens (tertiary/aromatic N) is 1. The second-order valence-electron chi connectivity index (χ2n) is 9.31. The lowest BCUT2D eigenvalue weighted by Crippen LogP contribution is -2.22. The van der Waals surface area contributed by atoms with Crippen LogP contribution in [-0.2, 0) is 23.1 Å². The van der Waals surface area contributed by atoms with Gasteiger partial charge in [0, 0.05) is 6.42 Å². The van der Waals surface area contributed by atoms with Crippen molar-refractivity contribution in [2.75, 3.05) is 13.2 Å². The third kappa shape index (κ3) is 19.4. The van der Waals surface area contributed by atoms with Gasteiger partial charge in [-0.2, -0.15) is 0 Å². The molecule has 0 bridgehead atoms. The van der Waals surface area contributed by atoms with Crippen molar-refractivity contribution < 1.29 is 28.0 Å². The lowest BCUT2D eigenvalue weighted by atomic mass is 10.0. The molecule has 0 aromatic rings. The molecule has 0 aromatic heterocycles. The molecule has 200 valence electrons. The number of carbonyl (C=O) groups is 1. The van der Waals surface area contributed by atoms with Crippen LogP contribution < -0.4 is 0 Å². The van der Waals surface area contributed by atoms with Gasteiger partial charge in [0.2, 0.25) is 0 Å². The van der Waals surface area contributed by atoms with Gasteiger partial charge in [0.15, 0.2) is 0 Å². The summed E-state index contributed by atoms with van der Waals surface area (Å²) in [4.78, 5) is 25.9. The number of hydrogen-bond acceptors (Lipinski definition) is 5. The maximum absolute atomic E-state index is 12.5. The first-order chi connectivity index (χ1) is 16.9. The highest BCUT2D eigenvalue weighted by atomic mass is 31.2. The summed E-state index contributed by atoms with van der Waals surface area (Å²) in [6.45, 7) is 6.85. The molecular weight excluding hydrogens is 465 g/mol. The number of esters is 1. The molecular formula is C27H47NO6P+. The van der Waals surface area contributed by atoms with Crippen LogP contribution in [0.3, 0.4) is 0 Å². The number of allylic oxidation sites excluding steroid dienone is 3.